The lowest BCUT2D eigenvalue weighted by Gasteiger charge is -2.11. The molecule has 8 heteroatoms. The van der Waals surface area contributed by atoms with E-state index < -0.39 is 0 Å². The number of rotatable bonds is 9. The molecule has 1 N–H and O–H groups in total. The molecule has 1 amide bonds. The standard InChI is InChI=1S/C29H29N5O3/c1-20-31-25-12-7-8-13-26(25)33(20)17-9-16-30-29(35)24-19-34(21-10-5-4-6-11-21)32-28(24)23-15-14-22(36-2)18-27(23)37-3/h4-8,10-15,18-19H,9,16-17H2,1-3H3,(H,30,35). The number of amides is 1. The Hall–Kier alpha value is -4.59. The van der Waals surface area contributed by atoms with Gasteiger partial charge < -0.3 is 19.4 Å². The van der Waals surface area contributed by atoms with E-state index in [0.29, 0.717) is 34.9 Å². The molecule has 0 saturated heterocycles. The van der Waals surface area contributed by atoms with Crippen molar-refractivity contribution in [3.05, 3.63) is 90.4 Å². The molecule has 0 bridgehead atoms. The van der Waals surface area contributed by atoms with E-state index in [1.165, 1.54) is 0 Å². The molecule has 2 aromatic heterocycles. The Kier molecular flexibility index (Phi) is 6.89. The van der Waals surface area contributed by atoms with Crippen LogP contribution in [0.15, 0.2) is 79.0 Å². The molecule has 0 fully saturated rings. The van der Waals surface area contributed by atoms with Crippen LogP contribution in [0, 0.1) is 6.92 Å². The molecule has 0 radical (unpaired) electrons. The number of imidazole rings is 1. The van der Waals surface area contributed by atoms with Crippen molar-refractivity contribution in [2.24, 2.45) is 0 Å². The molecule has 37 heavy (non-hydrogen) atoms. The lowest BCUT2D eigenvalue weighted by atomic mass is 10.1. The number of para-hydroxylation sites is 3. The molecule has 3 aromatic carbocycles. The molecule has 0 aliphatic rings. The molecule has 0 aliphatic carbocycles. The van der Waals surface area contributed by atoms with E-state index >= 15 is 0 Å². The Bertz CT molecular complexity index is 1540. The van der Waals surface area contributed by atoms with Crippen molar-refractivity contribution in [3.8, 4) is 28.4 Å². The molecule has 8 nitrogen and oxygen atoms in total. The first kappa shape index (κ1) is 24.1. The lowest BCUT2D eigenvalue weighted by Crippen LogP contribution is -2.25. The first-order valence-corrected chi connectivity index (χ1v) is 12.2. The summed E-state index contributed by atoms with van der Waals surface area (Å²) in [6.45, 7) is 3.28. The second-order valence-corrected chi connectivity index (χ2v) is 8.65. The summed E-state index contributed by atoms with van der Waals surface area (Å²) in [5, 5.41) is 7.85. The normalized spacial score (nSPS) is 11.0. The Morgan fingerprint density at radius 2 is 1.76 bits per heavy atom. The first-order chi connectivity index (χ1) is 18.1. The zero-order chi connectivity index (χ0) is 25.8. The summed E-state index contributed by atoms with van der Waals surface area (Å²) in [6.07, 6.45) is 2.53. The van der Waals surface area contributed by atoms with E-state index in [2.05, 4.69) is 20.9 Å². The maximum absolute atomic E-state index is 13.4. The molecule has 0 saturated carbocycles. The van der Waals surface area contributed by atoms with Crippen LogP contribution in [-0.4, -0.2) is 46.0 Å². The minimum Gasteiger partial charge on any atom is -0.497 e. The van der Waals surface area contributed by atoms with Gasteiger partial charge in [-0.2, -0.15) is 5.10 Å². The van der Waals surface area contributed by atoms with Gasteiger partial charge in [0.15, 0.2) is 0 Å². The third-order valence-electron chi connectivity index (χ3n) is 6.33. The van der Waals surface area contributed by atoms with E-state index in [-0.39, 0.29) is 5.91 Å². The molecular formula is C29H29N5O3. The van der Waals surface area contributed by atoms with Crippen LogP contribution in [-0.2, 0) is 6.54 Å². The number of hydrogen-bond acceptors (Lipinski definition) is 5. The van der Waals surface area contributed by atoms with Crippen molar-refractivity contribution >= 4 is 16.9 Å². The number of benzene rings is 3. The summed E-state index contributed by atoms with van der Waals surface area (Å²) >= 11 is 0. The van der Waals surface area contributed by atoms with Gasteiger partial charge in [0.2, 0.25) is 0 Å². The minimum absolute atomic E-state index is 0.192. The number of aryl methyl sites for hydroxylation is 2. The maximum atomic E-state index is 13.4. The van der Waals surface area contributed by atoms with Crippen LogP contribution in [0.2, 0.25) is 0 Å². The average Bonchev–Trinajstić information content (AvgIpc) is 3.52. The van der Waals surface area contributed by atoms with E-state index in [1.54, 1.807) is 31.2 Å². The third kappa shape index (κ3) is 4.91. The number of aromatic nitrogens is 4. The Morgan fingerprint density at radius 3 is 2.54 bits per heavy atom. The molecule has 0 unspecified atom stereocenters. The Balaban J connectivity index is 1.38. The van der Waals surface area contributed by atoms with Gasteiger partial charge in [0.1, 0.15) is 23.0 Å². The fourth-order valence-corrected chi connectivity index (χ4v) is 4.46. The number of hydrogen-bond donors (Lipinski definition) is 1. The number of nitrogens with zero attached hydrogens (tertiary/aromatic N) is 4. The molecule has 188 valence electrons. The molecule has 2 heterocycles. The molecule has 0 spiro atoms. The minimum atomic E-state index is -0.192. The van der Waals surface area contributed by atoms with E-state index in [1.807, 2.05) is 67.6 Å². The van der Waals surface area contributed by atoms with Crippen molar-refractivity contribution in [2.75, 3.05) is 20.8 Å². The number of carbonyl (C=O) groups is 1. The Morgan fingerprint density at radius 1 is 0.973 bits per heavy atom. The largest absolute Gasteiger partial charge is 0.497 e. The maximum Gasteiger partial charge on any atom is 0.255 e. The fourth-order valence-electron chi connectivity index (χ4n) is 4.46. The van der Waals surface area contributed by atoms with Crippen molar-refractivity contribution in [3.63, 3.8) is 0 Å². The summed E-state index contributed by atoms with van der Waals surface area (Å²) in [6, 6.07) is 23.3. The number of carbonyl (C=O) groups excluding carboxylic acids is 1. The highest BCUT2D eigenvalue weighted by molar-refractivity contribution is 6.00. The second kappa shape index (κ2) is 10.6. The van der Waals surface area contributed by atoms with Crippen LogP contribution in [0.1, 0.15) is 22.6 Å². The number of methoxy groups -OCH3 is 2. The van der Waals surface area contributed by atoms with Crippen LogP contribution in [0.3, 0.4) is 0 Å². The molecule has 0 aliphatic heterocycles. The smallest absolute Gasteiger partial charge is 0.255 e. The van der Waals surface area contributed by atoms with E-state index in [0.717, 1.165) is 35.5 Å². The Labute approximate surface area is 215 Å². The predicted molar refractivity (Wildman–Crippen MR) is 144 cm³/mol. The zero-order valence-electron chi connectivity index (χ0n) is 21.1. The van der Waals surface area contributed by atoms with E-state index in [9.17, 15) is 4.79 Å². The summed E-state index contributed by atoms with van der Waals surface area (Å²) in [7, 11) is 3.19. The van der Waals surface area contributed by atoms with Crippen LogP contribution < -0.4 is 14.8 Å². The van der Waals surface area contributed by atoms with Gasteiger partial charge in [-0.3, -0.25) is 4.79 Å². The van der Waals surface area contributed by atoms with Gasteiger partial charge >= 0.3 is 0 Å². The highest BCUT2D eigenvalue weighted by atomic mass is 16.5. The molecule has 0 atom stereocenters. The highest BCUT2D eigenvalue weighted by Gasteiger charge is 2.21. The van der Waals surface area contributed by atoms with Gasteiger partial charge in [-0.05, 0) is 49.7 Å². The molecule has 5 aromatic rings. The van der Waals surface area contributed by atoms with Gasteiger partial charge in [-0.15, -0.1) is 0 Å². The molecule has 5 rings (SSSR count). The third-order valence-corrected chi connectivity index (χ3v) is 6.33. The van der Waals surface area contributed by atoms with Crippen LogP contribution >= 0.6 is 0 Å². The quantitative estimate of drug-likeness (QED) is 0.290. The van der Waals surface area contributed by atoms with Crippen molar-refractivity contribution < 1.29 is 14.3 Å². The fraction of sp³-hybridized carbons (Fsp3) is 0.207. The monoisotopic (exact) mass is 495 g/mol. The lowest BCUT2D eigenvalue weighted by molar-refractivity contribution is 0.0953. The van der Waals surface area contributed by atoms with Crippen LogP contribution in [0.4, 0.5) is 0 Å². The molecular weight excluding hydrogens is 466 g/mol. The number of nitrogens with one attached hydrogen (secondary N) is 1. The van der Waals surface area contributed by atoms with Crippen molar-refractivity contribution in [2.45, 2.75) is 19.9 Å². The van der Waals surface area contributed by atoms with Crippen LogP contribution in [0.5, 0.6) is 11.5 Å². The highest BCUT2D eigenvalue weighted by Crippen LogP contribution is 2.34. The van der Waals surface area contributed by atoms with Gasteiger partial charge in [-0.25, -0.2) is 9.67 Å². The van der Waals surface area contributed by atoms with E-state index in [4.69, 9.17) is 14.6 Å². The summed E-state index contributed by atoms with van der Waals surface area (Å²) < 4.78 is 14.8. The average molecular weight is 496 g/mol. The predicted octanol–water partition coefficient (Wildman–Crippen LogP) is 5.03. The zero-order valence-corrected chi connectivity index (χ0v) is 21.1. The van der Waals surface area contributed by atoms with Crippen molar-refractivity contribution in [1.82, 2.24) is 24.6 Å². The van der Waals surface area contributed by atoms with Gasteiger partial charge in [0.25, 0.3) is 5.91 Å². The van der Waals surface area contributed by atoms with Gasteiger partial charge in [-0.1, -0.05) is 30.3 Å². The number of ether oxygens (including phenoxy) is 2. The second-order valence-electron chi connectivity index (χ2n) is 8.65. The van der Waals surface area contributed by atoms with Crippen LogP contribution in [0.25, 0.3) is 28.0 Å². The van der Waals surface area contributed by atoms with Gasteiger partial charge in [0, 0.05) is 30.9 Å². The number of fused-ring (bicyclic) bond motifs is 1. The summed E-state index contributed by atoms with van der Waals surface area (Å²) in [5.74, 6) is 2.01. The van der Waals surface area contributed by atoms with Crippen molar-refractivity contribution in [1.29, 1.82) is 0 Å². The first-order valence-electron chi connectivity index (χ1n) is 12.2. The SMILES string of the molecule is COc1ccc(-c2nn(-c3ccccc3)cc2C(=O)NCCCn2c(C)nc3ccccc32)c(OC)c1. The summed E-state index contributed by atoms with van der Waals surface area (Å²) in [5.41, 5.74) is 4.66. The summed E-state index contributed by atoms with van der Waals surface area (Å²) in [4.78, 5) is 18.0. The van der Waals surface area contributed by atoms with Gasteiger partial charge in [0.05, 0.1) is 36.5 Å². The topological polar surface area (TPSA) is 83.2 Å².